The van der Waals surface area contributed by atoms with Gasteiger partial charge in [0.15, 0.2) is 0 Å². The van der Waals surface area contributed by atoms with E-state index < -0.39 is 0 Å². The van der Waals surface area contributed by atoms with Crippen molar-refractivity contribution in [2.45, 2.75) is 38.1 Å². The predicted octanol–water partition coefficient (Wildman–Crippen LogP) is 3.33. The topological polar surface area (TPSA) is 46.6 Å². The van der Waals surface area contributed by atoms with Gasteiger partial charge in [-0.3, -0.25) is 9.59 Å². The van der Waals surface area contributed by atoms with Crippen LogP contribution in [-0.4, -0.2) is 36.5 Å². The van der Waals surface area contributed by atoms with Crippen LogP contribution in [0.4, 0.5) is 0 Å². The minimum Gasteiger partial charge on any atom is -0.469 e. The number of methoxy groups -OCH3 is 1. The lowest BCUT2D eigenvalue weighted by atomic mass is 9.97. The molecule has 0 spiro atoms. The summed E-state index contributed by atoms with van der Waals surface area (Å²) in [6, 6.07) is 14.3. The molecule has 126 valence electrons. The highest BCUT2D eigenvalue weighted by Crippen LogP contribution is 2.22. The average Bonchev–Trinajstić information content (AvgIpc) is 2.62. The molecule has 1 fully saturated rings. The van der Waals surface area contributed by atoms with Gasteiger partial charge in [-0.2, -0.15) is 0 Å². The zero-order valence-electron chi connectivity index (χ0n) is 14.0. The average molecular weight is 325 g/mol. The van der Waals surface area contributed by atoms with Crippen LogP contribution in [0.1, 0.15) is 31.2 Å². The van der Waals surface area contributed by atoms with Crippen LogP contribution in [0.5, 0.6) is 0 Å². The molecule has 4 nitrogen and oxygen atoms in total. The summed E-state index contributed by atoms with van der Waals surface area (Å²) in [5, 5.41) is 2.32. The molecule has 4 heteroatoms. The summed E-state index contributed by atoms with van der Waals surface area (Å²) in [5.74, 6) is -0.149. The number of ether oxygens (including phenoxy) is 1. The van der Waals surface area contributed by atoms with Gasteiger partial charge in [0.1, 0.15) is 0 Å². The number of piperidine rings is 1. The third-order valence-corrected chi connectivity index (χ3v) is 4.75. The molecule has 0 saturated carbocycles. The Bertz CT molecular complexity index is 740. The Labute approximate surface area is 142 Å². The Balaban J connectivity index is 1.72. The fourth-order valence-corrected chi connectivity index (χ4v) is 3.44. The first kappa shape index (κ1) is 16.5. The zero-order valence-corrected chi connectivity index (χ0v) is 14.0. The Morgan fingerprint density at radius 1 is 1.12 bits per heavy atom. The Hall–Kier alpha value is -2.36. The molecule has 0 unspecified atom stereocenters. The molecule has 1 aliphatic heterocycles. The van der Waals surface area contributed by atoms with Crippen LogP contribution in [-0.2, 0) is 20.7 Å². The Kier molecular flexibility index (Phi) is 5.14. The smallest absolute Gasteiger partial charge is 0.307 e. The first-order valence-corrected chi connectivity index (χ1v) is 8.51. The fourth-order valence-electron chi connectivity index (χ4n) is 3.44. The molecule has 0 aliphatic carbocycles. The fraction of sp³-hybridized carbons (Fsp3) is 0.400. The molecular weight excluding hydrogens is 302 g/mol. The van der Waals surface area contributed by atoms with E-state index in [0.717, 1.165) is 36.8 Å². The predicted molar refractivity (Wildman–Crippen MR) is 93.6 cm³/mol. The lowest BCUT2D eigenvalue weighted by Crippen LogP contribution is -2.45. The van der Waals surface area contributed by atoms with E-state index in [1.165, 1.54) is 12.5 Å². The van der Waals surface area contributed by atoms with Crippen molar-refractivity contribution >= 4 is 22.6 Å². The van der Waals surface area contributed by atoms with Gasteiger partial charge in [0.05, 0.1) is 20.0 Å². The molecule has 1 aliphatic rings. The summed E-state index contributed by atoms with van der Waals surface area (Å²) in [6.45, 7) is 0.730. The van der Waals surface area contributed by atoms with Gasteiger partial charge in [-0.25, -0.2) is 0 Å². The van der Waals surface area contributed by atoms with Gasteiger partial charge in [-0.1, -0.05) is 42.5 Å². The van der Waals surface area contributed by atoms with E-state index >= 15 is 0 Å². The molecule has 0 aromatic heterocycles. The molecule has 2 aromatic carbocycles. The summed E-state index contributed by atoms with van der Waals surface area (Å²) in [4.78, 5) is 26.2. The first-order valence-electron chi connectivity index (χ1n) is 8.51. The quantitative estimate of drug-likeness (QED) is 0.810. The number of carbonyl (C=O) groups is 2. The van der Waals surface area contributed by atoms with Crippen LogP contribution >= 0.6 is 0 Å². The number of amides is 1. The van der Waals surface area contributed by atoms with E-state index in [-0.39, 0.29) is 17.9 Å². The molecule has 1 amide bonds. The first-order chi connectivity index (χ1) is 11.7. The monoisotopic (exact) mass is 325 g/mol. The van der Waals surface area contributed by atoms with Gasteiger partial charge in [0, 0.05) is 12.6 Å². The van der Waals surface area contributed by atoms with Crippen molar-refractivity contribution in [3.05, 3.63) is 48.0 Å². The van der Waals surface area contributed by atoms with Gasteiger partial charge in [-0.15, -0.1) is 0 Å². The number of hydrogen-bond acceptors (Lipinski definition) is 3. The minimum absolute atomic E-state index is 0.0286. The maximum Gasteiger partial charge on any atom is 0.307 e. The van der Waals surface area contributed by atoms with E-state index in [0.29, 0.717) is 12.8 Å². The molecule has 1 saturated heterocycles. The second kappa shape index (κ2) is 7.47. The van der Waals surface area contributed by atoms with E-state index in [9.17, 15) is 9.59 Å². The van der Waals surface area contributed by atoms with Gasteiger partial charge < -0.3 is 9.64 Å². The normalized spacial score (nSPS) is 17.7. The van der Waals surface area contributed by atoms with Gasteiger partial charge >= 0.3 is 5.97 Å². The van der Waals surface area contributed by atoms with E-state index in [2.05, 4.69) is 24.3 Å². The number of carbonyl (C=O) groups excluding carboxylic acids is 2. The van der Waals surface area contributed by atoms with E-state index in [1.807, 2.05) is 23.1 Å². The standard InChI is InChI=1S/C20H23NO3/c1-24-20(23)14-18-8-4-5-11-21(18)19(22)13-15-9-10-16-6-2-3-7-17(16)12-15/h2-3,6-7,9-10,12,18H,4-5,8,11,13-14H2,1H3/t18-/m1/s1. The summed E-state index contributed by atoms with van der Waals surface area (Å²) >= 11 is 0. The van der Waals surface area contributed by atoms with Gasteiger partial charge in [0.25, 0.3) is 0 Å². The van der Waals surface area contributed by atoms with Crippen molar-refractivity contribution in [3.63, 3.8) is 0 Å². The molecule has 3 rings (SSSR count). The number of likely N-dealkylation sites (tertiary alicyclic amines) is 1. The van der Waals surface area contributed by atoms with Crippen molar-refractivity contribution in [2.75, 3.05) is 13.7 Å². The lowest BCUT2D eigenvalue weighted by molar-refractivity contribution is -0.144. The molecule has 0 radical (unpaired) electrons. The van der Waals surface area contributed by atoms with Crippen LogP contribution in [0.2, 0.25) is 0 Å². The number of rotatable bonds is 4. The van der Waals surface area contributed by atoms with Crippen molar-refractivity contribution in [2.24, 2.45) is 0 Å². The Morgan fingerprint density at radius 3 is 2.71 bits per heavy atom. The van der Waals surface area contributed by atoms with Crippen LogP contribution in [0.3, 0.4) is 0 Å². The maximum absolute atomic E-state index is 12.8. The highest BCUT2D eigenvalue weighted by molar-refractivity contribution is 5.85. The van der Waals surface area contributed by atoms with Gasteiger partial charge in [-0.05, 0) is 35.6 Å². The number of nitrogens with zero attached hydrogens (tertiary/aromatic N) is 1. The molecule has 0 N–H and O–H groups in total. The molecule has 2 aromatic rings. The van der Waals surface area contributed by atoms with Crippen LogP contribution in [0, 0.1) is 0 Å². The molecule has 0 bridgehead atoms. The zero-order chi connectivity index (χ0) is 16.9. The van der Waals surface area contributed by atoms with Crippen LogP contribution in [0.25, 0.3) is 10.8 Å². The summed E-state index contributed by atoms with van der Waals surface area (Å²) in [5.41, 5.74) is 1.01. The van der Waals surface area contributed by atoms with Gasteiger partial charge in [0.2, 0.25) is 5.91 Å². The highest BCUT2D eigenvalue weighted by atomic mass is 16.5. The highest BCUT2D eigenvalue weighted by Gasteiger charge is 2.28. The third kappa shape index (κ3) is 3.75. The number of hydrogen-bond donors (Lipinski definition) is 0. The summed E-state index contributed by atoms with van der Waals surface area (Å²) in [7, 11) is 1.40. The number of benzene rings is 2. The third-order valence-electron chi connectivity index (χ3n) is 4.75. The summed E-state index contributed by atoms with van der Waals surface area (Å²) < 4.78 is 4.77. The van der Waals surface area contributed by atoms with E-state index in [1.54, 1.807) is 0 Å². The van der Waals surface area contributed by atoms with Crippen LogP contribution < -0.4 is 0 Å². The molecule has 24 heavy (non-hydrogen) atoms. The minimum atomic E-state index is -0.245. The number of fused-ring (bicyclic) bond motifs is 1. The molecular formula is C20H23NO3. The van der Waals surface area contributed by atoms with Crippen LogP contribution in [0.15, 0.2) is 42.5 Å². The molecule has 1 heterocycles. The van der Waals surface area contributed by atoms with Crippen molar-refractivity contribution in [1.29, 1.82) is 0 Å². The maximum atomic E-state index is 12.8. The second-order valence-electron chi connectivity index (χ2n) is 6.38. The number of esters is 1. The van der Waals surface area contributed by atoms with E-state index in [4.69, 9.17) is 4.74 Å². The molecule has 1 atom stereocenters. The largest absolute Gasteiger partial charge is 0.469 e. The lowest BCUT2D eigenvalue weighted by Gasteiger charge is -2.35. The Morgan fingerprint density at radius 2 is 1.92 bits per heavy atom. The SMILES string of the molecule is COC(=O)C[C@H]1CCCCN1C(=O)Cc1ccc2ccccc2c1. The second-order valence-corrected chi connectivity index (χ2v) is 6.38. The van der Waals surface area contributed by atoms with Crippen molar-refractivity contribution < 1.29 is 14.3 Å². The van der Waals surface area contributed by atoms with Crippen molar-refractivity contribution in [1.82, 2.24) is 4.90 Å². The summed E-state index contributed by atoms with van der Waals surface area (Å²) in [6.07, 6.45) is 3.60. The van der Waals surface area contributed by atoms with Crippen molar-refractivity contribution in [3.8, 4) is 0 Å².